The number of rotatable bonds is 6. The van der Waals surface area contributed by atoms with Gasteiger partial charge in [0.2, 0.25) is 5.91 Å². The molecule has 0 aliphatic heterocycles. The van der Waals surface area contributed by atoms with Crippen molar-refractivity contribution in [1.29, 1.82) is 0 Å². The molecule has 3 aromatic heterocycles. The number of hydrogen-bond donors (Lipinski definition) is 1. The van der Waals surface area contributed by atoms with Crippen LogP contribution in [0.15, 0.2) is 64.8 Å². The van der Waals surface area contributed by atoms with Crippen LogP contribution in [0.5, 0.6) is 0 Å². The van der Waals surface area contributed by atoms with Crippen LogP contribution in [-0.2, 0) is 11.2 Å². The molecule has 1 N–H and O–H groups in total. The molecule has 1 atom stereocenters. The molecule has 0 bridgehead atoms. The lowest BCUT2D eigenvalue weighted by molar-refractivity contribution is -0.121. The van der Waals surface area contributed by atoms with Crippen molar-refractivity contribution in [3.05, 3.63) is 104 Å². The van der Waals surface area contributed by atoms with E-state index in [1.54, 1.807) is 29.1 Å². The van der Waals surface area contributed by atoms with Crippen LogP contribution in [0, 0.1) is 26.6 Å². The Morgan fingerprint density at radius 3 is 2.62 bits per heavy atom. The van der Waals surface area contributed by atoms with E-state index in [-0.39, 0.29) is 29.7 Å². The maximum Gasteiger partial charge on any atom is 0.268 e. The number of fused-ring (bicyclic) bond motifs is 1. The number of carbonyl (C=O) groups is 1. The summed E-state index contributed by atoms with van der Waals surface area (Å²) >= 11 is 1.32. The number of amides is 1. The Morgan fingerprint density at radius 2 is 1.86 bits per heavy atom. The molecule has 0 saturated heterocycles. The van der Waals surface area contributed by atoms with Gasteiger partial charge < -0.3 is 5.32 Å². The lowest BCUT2D eigenvalue weighted by Crippen LogP contribution is -2.29. The average molecular weight is 516 g/mol. The van der Waals surface area contributed by atoms with Gasteiger partial charge in [0.1, 0.15) is 11.5 Å². The quantitative estimate of drug-likeness (QED) is 0.342. The minimum absolute atomic E-state index is 0.0389. The van der Waals surface area contributed by atoms with Crippen molar-refractivity contribution in [3.63, 3.8) is 0 Å². The Hall–Kier alpha value is -4.11. The topological polar surface area (TPSA) is 81.3 Å². The van der Waals surface area contributed by atoms with Gasteiger partial charge in [-0.1, -0.05) is 36.4 Å². The highest BCUT2D eigenvalue weighted by molar-refractivity contribution is 7.15. The minimum atomic E-state index is -0.362. The molecular weight excluding hydrogens is 489 g/mol. The van der Waals surface area contributed by atoms with Crippen molar-refractivity contribution < 1.29 is 9.18 Å². The Labute approximate surface area is 217 Å². The number of carbonyl (C=O) groups excluding carboxylic acids is 1. The summed E-state index contributed by atoms with van der Waals surface area (Å²) in [4.78, 5) is 31.7. The fourth-order valence-electron chi connectivity index (χ4n) is 4.46. The number of aryl methyl sites for hydroxylation is 3. The van der Waals surface area contributed by atoms with Crippen LogP contribution in [0.4, 0.5) is 4.39 Å². The van der Waals surface area contributed by atoms with E-state index in [1.807, 2.05) is 51.1 Å². The van der Waals surface area contributed by atoms with Crippen LogP contribution in [0.25, 0.3) is 21.9 Å². The zero-order chi connectivity index (χ0) is 26.3. The predicted molar refractivity (Wildman–Crippen MR) is 143 cm³/mol. The van der Waals surface area contributed by atoms with Gasteiger partial charge >= 0.3 is 0 Å². The summed E-state index contributed by atoms with van der Waals surface area (Å²) in [6, 6.07) is 15.9. The van der Waals surface area contributed by atoms with E-state index in [0.29, 0.717) is 33.3 Å². The standard InChI is InChI=1S/C28H26FN5O2S/c1-16-10-11-21(29)13-24(16)34-17(2)12-23(32-34)26-19(4)31-28-33(27(26)36)22(15-37-28)14-25(35)30-18(3)20-8-6-5-7-9-20/h5-13,15,18H,14H2,1-4H3,(H,30,35)/t18-/m0/s1. The summed E-state index contributed by atoms with van der Waals surface area (Å²) in [6.07, 6.45) is 0.0389. The highest BCUT2D eigenvalue weighted by Crippen LogP contribution is 2.25. The van der Waals surface area contributed by atoms with Crippen molar-refractivity contribution in [1.82, 2.24) is 24.5 Å². The molecule has 188 valence electrons. The normalized spacial score (nSPS) is 12.1. The number of nitrogens with one attached hydrogen (secondary N) is 1. The summed E-state index contributed by atoms with van der Waals surface area (Å²) in [5.74, 6) is -0.550. The summed E-state index contributed by atoms with van der Waals surface area (Å²) in [5.41, 5.74) is 4.84. The van der Waals surface area contributed by atoms with Crippen molar-refractivity contribution in [2.75, 3.05) is 0 Å². The fraction of sp³-hybridized carbons (Fsp3) is 0.214. The molecule has 0 fully saturated rings. The van der Waals surface area contributed by atoms with Gasteiger partial charge in [-0.05, 0) is 57.0 Å². The van der Waals surface area contributed by atoms with Crippen LogP contribution in [0.2, 0.25) is 0 Å². The zero-order valence-corrected chi connectivity index (χ0v) is 21.8. The summed E-state index contributed by atoms with van der Waals surface area (Å²) in [7, 11) is 0. The van der Waals surface area contributed by atoms with E-state index in [9.17, 15) is 14.0 Å². The van der Waals surface area contributed by atoms with Gasteiger partial charge in [0.25, 0.3) is 5.56 Å². The molecule has 0 radical (unpaired) electrons. The number of benzene rings is 2. The van der Waals surface area contributed by atoms with Gasteiger partial charge in [-0.15, -0.1) is 11.3 Å². The van der Waals surface area contributed by atoms with Crippen molar-refractivity contribution in [2.24, 2.45) is 0 Å². The van der Waals surface area contributed by atoms with E-state index < -0.39 is 0 Å². The van der Waals surface area contributed by atoms with Gasteiger partial charge in [0.05, 0.1) is 29.4 Å². The largest absolute Gasteiger partial charge is 0.349 e. The predicted octanol–water partition coefficient (Wildman–Crippen LogP) is 5.09. The molecule has 0 saturated carbocycles. The maximum absolute atomic E-state index is 13.9. The zero-order valence-electron chi connectivity index (χ0n) is 20.9. The Balaban J connectivity index is 1.50. The SMILES string of the molecule is Cc1ccc(F)cc1-n1nc(-c2c(C)nc3scc(CC(=O)N[C@@H](C)c4ccccc4)n3c2=O)cc1C. The maximum atomic E-state index is 13.9. The molecule has 9 heteroatoms. The molecule has 0 aliphatic rings. The third-order valence-electron chi connectivity index (χ3n) is 6.38. The number of hydrogen-bond acceptors (Lipinski definition) is 5. The number of nitrogens with zero attached hydrogens (tertiary/aromatic N) is 4. The second kappa shape index (κ2) is 9.74. The Bertz CT molecular complexity index is 1690. The number of thiazole rings is 1. The van der Waals surface area contributed by atoms with Gasteiger partial charge in [-0.2, -0.15) is 5.10 Å². The molecule has 37 heavy (non-hydrogen) atoms. The summed E-state index contributed by atoms with van der Waals surface area (Å²) in [5, 5.41) is 9.44. The highest BCUT2D eigenvalue weighted by Gasteiger charge is 2.21. The molecule has 7 nitrogen and oxygen atoms in total. The molecule has 5 aromatic rings. The summed E-state index contributed by atoms with van der Waals surface area (Å²) in [6.45, 7) is 7.43. The third-order valence-corrected chi connectivity index (χ3v) is 7.26. The molecular formula is C28H26FN5O2S. The first-order chi connectivity index (χ1) is 17.7. The molecule has 5 rings (SSSR count). The first kappa shape index (κ1) is 24.6. The molecule has 0 unspecified atom stereocenters. The summed E-state index contributed by atoms with van der Waals surface area (Å²) < 4.78 is 17.1. The van der Waals surface area contributed by atoms with Crippen LogP contribution < -0.4 is 10.9 Å². The second-order valence-corrected chi connectivity index (χ2v) is 9.95. The van der Waals surface area contributed by atoms with Crippen molar-refractivity contribution in [2.45, 2.75) is 40.2 Å². The lowest BCUT2D eigenvalue weighted by Gasteiger charge is -2.14. The second-order valence-electron chi connectivity index (χ2n) is 9.11. The molecule has 1 amide bonds. The van der Waals surface area contributed by atoms with E-state index in [1.165, 1.54) is 27.9 Å². The van der Waals surface area contributed by atoms with Crippen molar-refractivity contribution in [3.8, 4) is 16.9 Å². The van der Waals surface area contributed by atoms with E-state index in [0.717, 1.165) is 16.8 Å². The first-order valence-electron chi connectivity index (χ1n) is 11.9. The van der Waals surface area contributed by atoms with E-state index >= 15 is 0 Å². The fourth-order valence-corrected chi connectivity index (χ4v) is 5.38. The van der Waals surface area contributed by atoms with E-state index in [4.69, 9.17) is 0 Å². The van der Waals surface area contributed by atoms with Gasteiger partial charge in [0, 0.05) is 16.8 Å². The Morgan fingerprint density at radius 1 is 1.11 bits per heavy atom. The van der Waals surface area contributed by atoms with Crippen LogP contribution in [0.3, 0.4) is 0 Å². The monoisotopic (exact) mass is 515 g/mol. The van der Waals surface area contributed by atoms with Crippen LogP contribution in [0.1, 0.15) is 41.2 Å². The molecule has 0 aliphatic carbocycles. The third kappa shape index (κ3) is 4.70. The minimum Gasteiger partial charge on any atom is -0.349 e. The number of halogens is 1. The molecule has 0 spiro atoms. The highest BCUT2D eigenvalue weighted by atomic mass is 32.1. The average Bonchev–Trinajstić information content (AvgIpc) is 3.44. The molecule has 2 aromatic carbocycles. The number of aromatic nitrogens is 4. The lowest BCUT2D eigenvalue weighted by atomic mass is 10.1. The Kier molecular flexibility index (Phi) is 6.47. The van der Waals surface area contributed by atoms with Crippen LogP contribution >= 0.6 is 11.3 Å². The van der Waals surface area contributed by atoms with Crippen molar-refractivity contribution >= 4 is 22.2 Å². The van der Waals surface area contributed by atoms with E-state index in [2.05, 4.69) is 15.4 Å². The molecule has 3 heterocycles. The van der Waals surface area contributed by atoms with Gasteiger partial charge in [0.15, 0.2) is 4.96 Å². The smallest absolute Gasteiger partial charge is 0.268 e. The first-order valence-corrected chi connectivity index (χ1v) is 12.8. The van der Waals surface area contributed by atoms with Gasteiger partial charge in [-0.3, -0.25) is 14.0 Å². The van der Waals surface area contributed by atoms with Gasteiger partial charge in [-0.25, -0.2) is 14.1 Å². The van der Waals surface area contributed by atoms with Crippen LogP contribution in [-0.4, -0.2) is 25.1 Å².